The molecule has 1 aliphatic heterocycles. The first-order chi connectivity index (χ1) is 15.3. The molecule has 2 aromatic rings. The lowest BCUT2D eigenvalue weighted by atomic mass is 10.0. The van der Waals surface area contributed by atoms with E-state index in [1.165, 1.54) is 18.3 Å². The minimum atomic E-state index is -4.53. The molecular formula is C21H21F4N3O4S. The molecule has 1 aromatic carbocycles. The van der Waals surface area contributed by atoms with E-state index in [4.69, 9.17) is 0 Å². The molecule has 0 aliphatic carbocycles. The second-order valence-corrected chi connectivity index (χ2v) is 10.2. The number of amides is 2. The van der Waals surface area contributed by atoms with Crippen molar-refractivity contribution in [1.29, 1.82) is 0 Å². The summed E-state index contributed by atoms with van der Waals surface area (Å²) in [4.78, 5) is 32.0. The van der Waals surface area contributed by atoms with Crippen LogP contribution in [0.4, 0.5) is 23.4 Å². The summed E-state index contributed by atoms with van der Waals surface area (Å²) in [6.45, 7) is 0.848. The van der Waals surface area contributed by atoms with E-state index >= 15 is 0 Å². The highest BCUT2D eigenvalue weighted by molar-refractivity contribution is 7.90. The average molecular weight is 487 g/mol. The maximum absolute atomic E-state index is 14.4. The van der Waals surface area contributed by atoms with Gasteiger partial charge in [0.1, 0.15) is 22.4 Å². The van der Waals surface area contributed by atoms with Gasteiger partial charge in [-0.25, -0.2) is 17.8 Å². The Morgan fingerprint density at radius 1 is 1.15 bits per heavy atom. The molecule has 2 heterocycles. The normalized spacial score (nSPS) is 17.6. The van der Waals surface area contributed by atoms with Gasteiger partial charge >= 0.3 is 6.18 Å². The van der Waals surface area contributed by atoms with Crippen LogP contribution >= 0.6 is 0 Å². The SMILES string of the molecule is Cc1cnc(N2CC(=O)N(Cc3ccc(C(F)(F)F)cc3)[C@@H](CCS(C)(=O)=O)C2=O)c(F)c1. The van der Waals surface area contributed by atoms with Crippen molar-refractivity contribution in [2.45, 2.75) is 32.1 Å². The minimum Gasteiger partial charge on any atom is -0.325 e. The van der Waals surface area contributed by atoms with Crippen LogP contribution in [0.15, 0.2) is 36.5 Å². The summed E-state index contributed by atoms with van der Waals surface area (Å²) in [5, 5.41) is 0. The van der Waals surface area contributed by atoms with Crippen LogP contribution in [0.25, 0.3) is 0 Å². The molecule has 0 N–H and O–H groups in total. The Bertz CT molecular complexity index is 1170. The lowest BCUT2D eigenvalue weighted by Crippen LogP contribution is -2.60. The van der Waals surface area contributed by atoms with Gasteiger partial charge in [-0.05, 0) is 42.7 Å². The lowest BCUT2D eigenvalue weighted by Gasteiger charge is -2.40. The second kappa shape index (κ2) is 9.08. The number of hydrogen-bond donors (Lipinski definition) is 0. The molecule has 0 unspecified atom stereocenters. The van der Waals surface area contributed by atoms with Gasteiger partial charge in [0.25, 0.3) is 5.91 Å². The predicted molar refractivity (Wildman–Crippen MR) is 111 cm³/mol. The van der Waals surface area contributed by atoms with Gasteiger partial charge < -0.3 is 4.90 Å². The number of sulfone groups is 1. The fourth-order valence-electron chi connectivity index (χ4n) is 3.49. The highest BCUT2D eigenvalue weighted by atomic mass is 32.2. The van der Waals surface area contributed by atoms with Crippen molar-refractivity contribution in [3.05, 3.63) is 59.0 Å². The molecule has 0 saturated carbocycles. The first-order valence-corrected chi connectivity index (χ1v) is 11.9. The van der Waals surface area contributed by atoms with E-state index in [1.807, 2.05) is 0 Å². The summed E-state index contributed by atoms with van der Waals surface area (Å²) in [6, 6.07) is 3.97. The first-order valence-electron chi connectivity index (χ1n) is 9.83. The minimum absolute atomic E-state index is 0.214. The van der Waals surface area contributed by atoms with Crippen molar-refractivity contribution in [2.24, 2.45) is 0 Å². The van der Waals surface area contributed by atoms with Gasteiger partial charge in [-0.3, -0.25) is 14.5 Å². The topological polar surface area (TPSA) is 87.7 Å². The van der Waals surface area contributed by atoms with Gasteiger partial charge in [0.15, 0.2) is 11.6 Å². The molecule has 1 aliphatic rings. The van der Waals surface area contributed by atoms with Gasteiger partial charge in [0.2, 0.25) is 5.91 Å². The number of benzene rings is 1. The molecule has 1 saturated heterocycles. The third kappa shape index (κ3) is 5.86. The Balaban J connectivity index is 1.92. The van der Waals surface area contributed by atoms with E-state index in [-0.39, 0.29) is 18.8 Å². The van der Waals surface area contributed by atoms with E-state index in [2.05, 4.69) is 4.98 Å². The number of carbonyl (C=O) groups is 2. The summed E-state index contributed by atoms with van der Waals surface area (Å²) in [6.07, 6.45) is -2.48. The van der Waals surface area contributed by atoms with Crippen molar-refractivity contribution < 1.29 is 35.6 Å². The van der Waals surface area contributed by atoms with Crippen molar-refractivity contribution in [2.75, 3.05) is 23.5 Å². The van der Waals surface area contributed by atoms with Crippen molar-refractivity contribution in [1.82, 2.24) is 9.88 Å². The number of piperazine rings is 1. The molecule has 1 fully saturated rings. The number of anilines is 1. The largest absolute Gasteiger partial charge is 0.416 e. The van der Waals surface area contributed by atoms with Crippen LogP contribution in [0.1, 0.15) is 23.1 Å². The number of nitrogens with zero attached hydrogens (tertiary/aromatic N) is 3. The van der Waals surface area contributed by atoms with Crippen LogP contribution < -0.4 is 4.90 Å². The number of carbonyl (C=O) groups excluding carboxylic acids is 2. The van der Waals surface area contributed by atoms with Crippen molar-refractivity contribution >= 4 is 27.5 Å². The highest BCUT2D eigenvalue weighted by Gasteiger charge is 2.41. The number of alkyl halides is 3. The van der Waals surface area contributed by atoms with Gasteiger partial charge in [-0.15, -0.1) is 0 Å². The van der Waals surface area contributed by atoms with Gasteiger partial charge in [0.05, 0.1) is 11.3 Å². The number of aromatic nitrogens is 1. The van der Waals surface area contributed by atoms with Crippen molar-refractivity contribution in [3.8, 4) is 0 Å². The average Bonchev–Trinajstić information content (AvgIpc) is 2.69. The Kier molecular flexibility index (Phi) is 6.78. The van der Waals surface area contributed by atoms with E-state index < -0.39 is 57.5 Å². The van der Waals surface area contributed by atoms with Crippen LogP contribution in [0.2, 0.25) is 0 Å². The standard InChI is InChI=1S/C21H21F4N3O4S/c1-13-9-16(22)19(26-10-13)28-12-18(29)27(17(20(28)30)7-8-33(2,31)32)11-14-3-5-15(6-4-14)21(23,24)25/h3-6,9-10,17H,7-8,11-12H2,1-2H3/t17-/m0/s1. The number of aryl methyl sites for hydroxylation is 1. The summed E-state index contributed by atoms with van der Waals surface area (Å²) >= 11 is 0. The zero-order chi connectivity index (χ0) is 24.6. The quantitative estimate of drug-likeness (QED) is 0.585. The zero-order valence-electron chi connectivity index (χ0n) is 17.8. The Morgan fingerprint density at radius 2 is 1.79 bits per heavy atom. The molecule has 12 heteroatoms. The zero-order valence-corrected chi connectivity index (χ0v) is 18.6. The van der Waals surface area contributed by atoms with Crippen LogP contribution in [0.3, 0.4) is 0 Å². The number of rotatable bonds is 6. The van der Waals surface area contributed by atoms with Crippen molar-refractivity contribution in [3.63, 3.8) is 0 Å². The molecule has 1 atom stereocenters. The van der Waals surface area contributed by atoms with Crippen LogP contribution in [-0.4, -0.2) is 54.7 Å². The third-order valence-corrected chi connectivity index (χ3v) is 6.13. The number of pyridine rings is 1. The Labute approximate surface area is 187 Å². The predicted octanol–water partition coefficient (Wildman–Crippen LogP) is 2.73. The summed E-state index contributed by atoms with van der Waals surface area (Å²) in [5.41, 5.74) is -0.0424. The molecule has 7 nitrogen and oxygen atoms in total. The van der Waals surface area contributed by atoms with E-state index in [1.54, 1.807) is 6.92 Å². The number of hydrogen-bond acceptors (Lipinski definition) is 5. The van der Waals surface area contributed by atoms with Crippen LogP contribution in [0, 0.1) is 12.7 Å². The van der Waals surface area contributed by atoms with Gasteiger partial charge in [-0.2, -0.15) is 13.2 Å². The third-order valence-electron chi connectivity index (χ3n) is 5.15. The highest BCUT2D eigenvalue weighted by Crippen LogP contribution is 2.30. The summed E-state index contributed by atoms with van der Waals surface area (Å²) < 4.78 is 76.3. The Hall–Kier alpha value is -3.02. The smallest absolute Gasteiger partial charge is 0.325 e. The molecule has 0 bridgehead atoms. The van der Waals surface area contributed by atoms with Crippen LogP contribution in [0.5, 0.6) is 0 Å². The fraction of sp³-hybridized carbons (Fsp3) is 0.381. The number of halogens is 4. The van der Waals surface area contributed by atoms with E-state index in [9.17, 15) is 35.6 Å². The van der Waals surface area contributed by atoms with Gasteiger partial charge in [0, 0.05) is 19.0 Å². The summed E-state index contributed by atoms with van der Waals surface area (Å²) in [5.74, 6) is -2.92. The molecule has 33 heavy (non-hydrogen) atoms. The fourth-order valence-corrected chi connectivity index (χ4v) is 4.15. The molecule has 178 valence electrons. The molecule has 0 radical (unpaired) electrons. The molecule has 2 amide bonds. The molecule has 0 spiro atoms. The summed E-state index contributed by atoms with van der Waals surface area (Å²) in [7, 11) is -3.50. The maximum atomic E-state index is 14.4. The maximum Gasteiger partial charge on any atom is 0.416 e. The monoisotopic (exact) mass is 487 g/mol. The lowest BCUT2D eigenvalue weighted by molar-refractivity contribution is -0.144. The molecule has 3 rings (SSSR count). The van der Waals surface area contributed by atoms with E-state index in [0.717, 1.165) is 34.3 Å². The second-order valence-electron chi connectivity index (χ2n) is 7.89. The Morgan fingerprint density at radius 3 is 2.33 bits per heavy atom. The first kappa shape index (κ1) is 24.6. The van der Waals surface area contributed by atoms with Gasteiger partial charge in [-0.1, -0.05) is 12.1 Å². The molecular weight excluding hydrogens is 466 g/mol. The molecule has 1 aromatic heterocycles. The van der Waals surface area contributed by atoms with E-state index in [0.29, 0.717) is 11.1 Å². The van der Waals surface area contributed by atoms with Crippen LogP contribution in [-0.2, 0) is 32.1 Å².